The number of fused-ring (bicyclic) bond motifs is 1. The number of para-hydroxylation sites is 1. The molecule has 0 spiro atoms. The molecule has 0 radical (unpaired) electrons. The van der Waals surface area contributed by atoms with E-state index < -0.39 is 0 Å². The van der Waals surface area contributed by atoms with Crippen molar-refractivity contribution in [1.82, 2.24) is 9.55 Å². The topological polar surface area (TPSA) is 43.8 Å². The summed E-state index contributed by atoms with van der Waals surface area (Å²) in [6.45, 7) is 4.21. The maximum absolute atomic E-state index is 6.10. The van der Waals surface area contributed by atoms with Gasteiger partial charge in [0, 0.05) is 5.69 Å². The molecule has 0 saturated heterocycles. The van der Waals surface area contributed by atoms with Crippen LogP contribution in [-0.2, 0) is 6.42 Å². The summed E-state index contributed by atoms with van der Waals surface area (Å²) >= 11 is 0. The molecule has 2 aromatic carbocycles. The number of anilines is 1. The summed E-state index contributed by atoms with van der Waals surface area (Å²) in [5.41, 5.74) is 11.7. The summed E-state index contributed by atoms with van der Waals surface area (Å²) in [6, 6.07) is 14.6. The fourth-order valence-electron chi connectivity index (χ4n) is 2.44. The van der Waals surface area contributed by atoms with E-state index in [2.05, 4.69) is 55.2 Å². The van der Waals surface area contributed by atoms with Crippen molar-refractivity contribution in [3.05, 3.63) is 53.6 Å². The number of nitrogen functional groups attached to an aromatic ring is 1. The molecule has 3 rings (SSSR count). The van der Waals surface area contributed by atoms with Crippen LogP contribution in [0.2, 0.25) is 0 Å². The average Bonchev–Trinajstić information content (AvgIpc) is 2.77. The summed E-state index contributed by atoms with van der Waals surface area (Å²) in [4.78, 5) is 4.49. The molecule has 96 valence electrons. The van der Waals surface area contributed by atoms with Crippen LogP contribution < -0.4 is 5.73 Å². The predicted molar refractivity (Wildman–Crippen MR) is 79.6 cm³/mol. The maximum Gasteiger partial charge on any atom is 0.205 e. The third-order valence-corrected chi connectivity index (χ3v) is 3.49. The monoisotopic (exact) mass is 251 g/mol. The molecule has 3 nitrogen and oxygen atoms in total. The van der Waals surface area contributed by atoms with Crippen molar-refractivity contribution < 1.29 is 0 Å². The standard InChI is InChI=1S/C16H17N3/c1-3-12-7-5-8-13(10-12)19-14-9-4-6-11(2)15(14)18-16(19)17/h4-10H,3H2,1-2H3,(H2,17,18). The molecule has 3 aromatic rings. The van der Waals surface area contributed by atoms with Crippen LogP contribution in [0.15, 0.2) is 42.5 Å². The van der Waals surface area contributed by atoms with E-state index in [4.69, 9.17) is 5.73 Å². The fourth-order valence-corrected chi connectivity index (χ4v) is 2.44. The Morgan fingerprint density at radius 1 is 1.16 bits per heavy atom. The number of benzene rings is 2. The van der Waals surface area contributed by atoms with Crippen LogP contribution in [0.4, 0.5) is 5.95 Å². The molecule has 0 bridgehead atoms. The molecule has 0 atom stereocenters. The van der Waals surface area contributed by atoms with Crippen LogP contribution in [0.3, 0.4) is 0 Å². The first-order valence-electron chi connectivity index (χ1n) is 6.53. The molecule has 1 heterocycles. The molecule has 0 saturated carbocycles. The van der Waals surface area contributed by atoms with E-state index in [9.17, 15) is 0 Å². The number of rotatable bonds is 2. The molecule has 2 N–H and O–H groups in total. The van der Waals surface area contributed by atoms with Gasteiger partial charge in [0.2, 0.25) is 5.95 Å². The predicted octanol–water partition coefficient (Wildman–Crippen LogP) is 3.48. The van der Waals surface area contributed by atoms with Gasteiger partial charge >= 0.3 is 0 Å². The van der Waals surface area contributed by atoms with E-state index in [1.165, 1.54) is 5.56 Å². The van der Waals surface area contributed by atoms with Gasteiger partial charge in [-0.05, 0) is 42.7 Å². The quantitative estimate of drug-likeness (QED) is 0.757. The van der Waals surface area contributed by atoms with Gasteiger partial charge in [0.25, 0.3) is 0 Å². The second kappa shape index (κ2) is 4.43. The minimum atomic E-state index is 0.539. The smallest absolute Gasteiger partial charge is 0.205 e. The summed E-state index contributed by atoms with van der Waals surface area (Å²) < 4.78 is 2.02. The molecular formula is C16H17N3. The number of aromatic nitrogens is 2. The molecule has 1 aromatic heterocycles. The first kappa shape index (κ1) is 11.8. The van der Waals surface area contributed by atoms with Gasteiger partial charge in [0.15, 0.2) is 0 Å². The Labute approximate surface area is 112 Å². The van der Waals surface area contributed by atoms with Gasteiger partial charge in [-0.1, -0.05) is 31.2 Å². The fraction of sp³-hybridized carbons (Fsp3) is 0.188. The highest BCUT2D eigenvalue weighted by molar-refractivity contribution is 5.83. The molecule has 0 aliphatic carbocycles. The first-order chi connectivity index (χ1) is 9.20. The minimum Gasteiger partial charge on any atom is -0.369 e. The van der Waals surface area contributed by atoms with Crippen molar-refractivity contribution in [2.45, 2.75) is 20.3 Å². The van der Waals surface area contributed by atoms with Crippen molar-refractivity contribution in [2.24, 2.45) is 0 Å². The van der Waals surface area contributed by atoms with E-state index in [1.54, 1.807) is 0 Å². The number of imidazole rings is 1. The Morgan fingerprint density at radius 3 is 2.74 bits per heavy atom. The molecule has 19 heavy (non-hydrogen) atoms. The Balaban J connectivity index is 2.30. The molecule has 0 fully saturated rings. The van der Waals surface area contributed by atoms with Gasteiger partial charge in [-0.15, -0.1) is 0 Å². The highest BCUT2D eigenvalue weighted by Crippen LogP contribution is 2.25. The average molecular weight is 251 g/mol. The lowest BCUT2D eigenvalue weighted by molar-refractivity contribution is 1.08. The van der Waals surface area contributed by atoms with Crippen molar-refractivity contribution in [1.29, 1.82) is 0 Å². The van der Waals surface area contributed by atoms with Crippen LogP contribution >= 0.6 is 0 Å². The van der Waals surface area contributed by atoms with E-state index in [-0.39, 0.29) is 0 Å². The SMILES string of the molecule is CCc1cccc(-n2c(N)nc3c(C)cccc32)c1. The van der Waals surface area contributed by atoms with Gasteiger partial charge in [-0.2, -0.15) is 0 Å². The van der Waals surface area contributed by atoms with Crippen LogP contribution in [0.1, 0.15) is 18.1 Å². The number of aryl methyl sites for hydroxylation is 2. The molecule has 0 aliphatic rings. The third kappa shape index (κ3) is 1.87. The normalized spacial score (nSPS) is 11.1. The largest absolute Gasteiger partial charge is 0.369 e. The van der Waals surface area contributed by atoms with E-state index in [0.29, 0.717) is 5.95 Å². The van der Waals surface area contributed by atoms with Gasteiger partial charge < -0.3 is 5.73 Å². The lowest BCUT2D eigenvalue weighted by Gasteiger charge is -2.08. The Kier molecular flexibility index (Phi) is 2.75. The second-order valence-electron chi connectivity index (χ2n) is 4.77. The van der Waals surface area contributed by atoms with Crippen LogP contribution in [-0.4, -0.2) is 9.55 Å². The highest BCUT2D eigenvalue weighted by Gasteiger charge is 2.11. The van der Waals surface area contributed by atoms with E-state index in [0.717, 1.165) is 28.7 Å². The summed E-state index contributed by atoms with van der Waals surface area (Å²) in [5.74, 6) is 0.539. The van der Waals surface area contributed by atoms with Crippen molar-refractivity contribution in [3.8, 4) is 5.69 Å². The van der Waals surface area contributed by atoms with Crippen LogP contribution in [0.25, 0.3) is 16.7 Å². The highest BCUT2D eigenvalue weighted by atomic mass is 15.2. The molecule has 0 amide bonds. The number of hydrogen-bond acceptors (Lipinski definition) is 2. The van der Waals surface area contributed by atoms with Gasteiger partial charge in [0.1, 0.15) is 0 Å². The summed E-state index contributed by atoms with van der Waals surface area (Å²) in [7, 11) is 0. The van der Waals surface area contributed by atoms with E-state index in [1.807, 2.05) is 10.6 Å². The lowest BCUT2D eigenvalue weighted by Crippen LogP contribution is -2.01. The maximum atomic E-state index is 6.10. The third-order valence-electron chi connectivity index (χ3n) is 3.49. The Hall–Kier alpha value is -2.29. The van der Waals surface area contributed by atoms with Gasteiger partial charge in [0.05, 0.1) is 11.0 Å². The van der Waals surface area contributed by atoms with Crippen LogP contribution in [0, 0.1) is 6.92 Å². The zero-order valence-electron chi connectivity index (χ0n) is 11.2. The summed E-state index contributed by atoms with van der Waals surface area (Å²) in [5, 5.41) is 0. The minimum absolute atomic E-state index is 0.539. The number of nitrogens with two attached hydrogens (primary N) is 1. The zero-order valence-corrected chi connectivity index (χ0v) is 11.2. The van der Waals surface area contributed by atoms with Crippen LogP contribution in [0.5, 0.6) is 0 Å². The number of hydrogen-bond donors (Lipinski definition) is 1. The molecule has 0 aliphatic heterocycles. The Morgan fingerprint density at radius 2 is 1.95 bits per heavy atom. The zero-order chi connectivity index (χ0) is 13.4. The van der Waals surface area contributed by atoms with Gasteiger partial charge in [-0.3, -0.25) is 4.57 Å². The Bertz CT molecular complexity index is 741. The molecular weight excluding hydrogens is 234 g/mol. The van der Waals surface area contributed by atoms with E-state index >= 15 is 0 Å². The summed E-state index contributed by atoms with van der Waals surface area (Å²) in [6.07, 6.45) is 1.01. The van der Waals surface area contributed by atoms with Gasteiger partial charge in [-0.25, -0.2) is 4.98 Å². The van der Waals surface area contributed by atoms with Crippen molar-refractivity contribution >= 4 is 17.0 Å². The molecule has 0 unspecified atom stereocenters. The first-order valence-corrected chi connectivity index (χ1v) is 6.53. The lowest BCUT2D eigenvalue weighted by atomic mass is 10.1. The van der Waals surface area contributed by atoms with Crippen molar-refractivity contribution in [3.63, 3.8) is 0 Å². The number of nitrogens with zero attached hydrogens (tertiary/aromatic N) is 2. The van der Waals surface area contributed by atoms with Crippen molar-refractivity contribution in [2.75, 3.05) is 5.73 Å². The molecule has 3 heteroatoms. The second-order valence-corrected chi connectivity index (χ2v) is 4.77.